The molecule has 0 aromatic heterocycles. The van der Waals surface area contributed by atoms with E-state index >= 15 is 0 Å². The highest BCUT2D eigenvalue weighted by atomic mass is 79.9. The van der Waals surface area contributed by atoms with Gasteiger partial charge in [-0.1, -0.05) is 29.3 Å². The monoisotopic (exact) mass is 374 g/mol. The van der Waals surface area contributed by atoms with Crippen molar-refractivity contribution in [3.63, 3.8) is 0 Å². The fourth-order valence-corrected chi connectivity index (χ4v) is 2.90. The minimum absolute atomic E-state index is 0.181. The van der Waals surface area contributed by atoms with Crippen LogP contribution in [0.1, 0.15) is 17.2 Å². The van der Waals surface area contributed by atoms with Gasteiger partial charge in [-0.25, -0.2) is 0 Å². The average molecular weight is 376 g/mol. The van der Waals surface area contributed by atoms with Crippen LogP contribution in [0.2, 0.25) is 10.0 Å². The zero-order chi connectivity index (χ0) is 14.3. The van der Waals surface area contributed by atoms with Crippen molar-refractivity contribution < 1.29 is 14.6 Å². The summed E-state index contributed by atoms with van der Waals surface area (Å²) in [4.78, 5) is 0. The number of aliphatic hydroxyl groups excluding tert-OH is 1. The summed E-state index contributed by atoms with van der Waals surface area (Å²) in [6.45, 7) is 0.181. The maximum absolute atomic E-state index is 10.4. The van der Waals surface area contributed by atoms with Gasteiger partial charge in [-0.2, -0.15) is 0 Å². The van der Waals surface area contributed by atoms with Gasteiger partial charge < -0.3 is 14.6 Å². The van der Waals surface area contributed by atoms with Crippen molar-refractivity contribution in [3.8, 4) is 11.5 Å². The van der Waals surface area contributed by atoms with Gasteiger partial charge in [0.05, 0.1) is 14.5 Å². The molecule has 1 aliphatic rings. The van der Waals surface area contributed by atoms with Crippen LogP contribution in [0.3, 0.4) is 0 Å². The van der Waals surface area contributed by atoms with E-state index in [2.05, 4.69) is 15.9 Å². The zero-order valence-corrected chi connectivity index (χ0v) is 13.2. The maximum Gasteiger partial charge on any atom is 0.231 e. The Labute approximate surface area is 134 Å². The number of benzene rings is 2. The summed E-state index contributed by atoms with van der Waals surface area (Å²) < 4.78 is 11.4. The molecule has 104 valence electrons. The molecule has 0 fully saturated rings. The molecule has 3 rings (SSSR count). The first kappa shape index (κ1) is 14.0. The SMILES string of the molecule is OC(c1ccc(Cl)c(Cl)c1)c1cc(Br)c2c(c1)OCO2. The first-order valence-corrected chi connectivity index (χ1v) is 7.33. The van der Waals surface area contributed by atoms with E-state index in [1.807, 2.05) is 0 Å². The molecule has 1 unspecified atom stereocenters. The summed E-state index contributed by atoms with van der Waals surface area (Å²) in [7, 11) is 0. The van der Waals surface area contributed by atoms with Gasteiger partial charge in [-0.3, -0.25) is 0 Å². The molecule has 0 spiro atoms. The molecule has 0 saturated heterocycles. The van der Waals surface area contributed by atoms with Crippen molar-refractivity contribution in [3.05, 3.63) is 56.0 Å². The van der Waals surface area contributed by atoms with Crippen LogP contribution in [0.15, 0.2) is 34.8 Å². The van der Waals surface area contributed by atoms with Crippen LogP contribution < -0.4 is 9.47 Å². The molecule has 20 heavy (non-hydrogen) atoms. The van der Waals surface area contributed by atoms with E-state index in [0.29, 0.717) is 32.7 Å². The molecule has 2 aromatic carbocycles. The molecule has 1 aliphatic heterocycles. The second-order valence-corrected chi connectivity index (χ2v) is 5.98. The van der Waals surface area contributed by atoms with E-state index in [1.54, 1.807) is 30.3 Å². The van der Waals surface area contributed by atoms with Gasteiger partial charge in [0.15, 0.2) is 11.5 Å². The Morgan fingerprint density at radius 1 is 1.05 bits per heavy atom. The van der Waals surface area contributed by atoms with Gasteiger partial charge in [0.25, 0.3) is 0 Å². The molecule has 0 aliphatic carbocycles. The van der Waals surface area contributed by atoms with Gasteiger partial charge in [-0.15, -0.1) is 0 Å². The zero-order valence-electron chi connectivity index (χ0n) is 10.1. The number of fused-ring (bicyclic) bond motifs is 1. The largest absolute Gasteiger partial charge is 0.454 e. The molecular formula is C14H9BrCl2O3. The normalized spacial score (nSPS) is 14.4. The van der Waals surface area contributed by atoms with Crippen molar-refractivity contribution in [2.75, 3.05) is 6.79 Å². The third-order valence-electron chi connectivity index (χ3n) is 3.02. The number of rotatable bonds is 2. The van der Waals surface area contributed by atoms with Gasteiger partial charge in [0, 0.05) is 0 Å². The molecule has 0 bridgehead atoms. The number of aliphatic hydroxyl groups is 1. The number of halogens is 3. The third kappa shape index (κ3) is 2.49. The lowest BCUT2D eigenvalue weighted by Crippen LogP contribution is -2.00. The summed E-state index contributed by atoms with van der Waals surface area (Å²) in [5, 5.41) is 11.3. The minimum Gasteiger partial charge on any atom is -0.454 e. The highest BCUT2D eigenvalue weighted by Gasteiger charge is 2.21. The lowest BCUT2D eigenvalue weighted by molar-refractivity contribution is 0.173. The van der Waals surface area contributed by atoms with Crippen LogP contribution in [0.4, 0.5) is 0 Å². The molecule has 0 amide bonds. The van der Waals surface area contributed by atoms with Gasteiger partial charge >= 0.3 is 0 Å². The first-order valence-electron chi connectivity index (χ1n) is 5.78. The van der Waals surface area contributed by atoms with E-state index in [1.165, 1.54) is 0 Å². The fourth-order valence-electron chi connectivity index (χ4n) is 2.02. The Morgan fingerprint density at radius 3 is 2.60 bits per heavy atom. The quantitative estimate of drug-likeness (QED) is 0.835. The van der Waals surface area contributed by atoms with Crippen molar-refractivity contribution >= 4 is 39.1 Å². The van der Waals surface area contributed by atoms with E-state index < -0.39 is 6.10 Å². The summed E-state index contributed by atoms with van der Waals surface area (Å²) in [6.07, 6.45) is -0.824. The van der Waals surface area contributed by atoms with Crippen LogP contribution in [0.25, 0.3) is 0 Å². The highest BCUT2D eigenvalue weighted by Crippen LogP contribution is 2.42. The van der Waals surface area contributed by atoms with Crippen molar-refractivity contribution in [1.29, 1.82) is 0 Å². The molecule has 3 nitrogen and oxygen atoms in total. The van der Waals surface area contributed by atoms with Gasteiger partial charge in [0.2, 0.25) is 6.79 Å². The fraction of sp³-hybridized carbons (Fsp3) is 0.143. The molecule has 6 heteroatoms. The molecule has 0 saturated carbocycles. The smallest absolute Gasteiger partial charge is 0.231 e. The van der Waals surface area contributed by atoms with E-state index in [0.717, 1.165) is 4.47 Å². The predicted octanol–water partition coefficient (Wildman–Crippen LogP) is 4.57. The molecule has 1 N–H and O–H groups in total. The summed E-state index contributed by atoms with van der Waals surface area (Å²) in [5.74, 6) is 1.25. The van der Waals surface area contributed by atoms with Gasteiger partial charge in [-0.05, 0) is 51.3 Å². The number of hydrogen-bond acceptors (Lipinski definition) is 3. The van der Waals surface area contributed by atoms with Crippen molar-refractivity contribution in [2.24, 2.45) is 0 Å². The molecular weight excluding hydrogens is 367 g/mol. The van der Waals surface area contributed by atoms with Crippen molar-refractivity contribution in [2.45, 2.75) is 6.10 Å². The Hall–Kier alpha value is -0.940. The van der Waals surface area contributed by atoms with E-state index in [9.17, 15) is 5.11 Å². The Bertz CT molecular complexity index is 676. The second-order valence-electron chi connectivity index (χ2n) is 4.31. The minimum atomic E-state index is -0.824. The third-order valence-corrected chi connectivity index (χ3v) is 4.35. The van der Waals surface area contributed by atoms with Crippen molar-refractivity contribution in [1.82, 2.24) is 0 Å². The molecule has 2 aromatic rings. The topological polar surface area (TPSA) is 38.7 Å². The predicted molar refractivity (Wildman–Crippen MR) is 80.8 cm³/mol. The molecule has 1 atom stereocenters. The van der Waals surface area contributed by atoms with E-state index in [-0.39, 0.29) is 6.79 Å². The Balaban J connectivity index is 2.00. The van der Waals surface area contributed by atoms with Crippen LogP contribution in [0, 0.1) is 0 Å². The van der Waals surface area contributed by atoms with E-state index in [4.69, 9.17) is 32.7 Å². The first-order chi connectivity index (χ1) is 9.56. The lowest BCUT2D eigenvalue weighted by Gasteiger charge is -2.13. The summed E-state index contributed by atoms with van der Waals surface area (Å²) in [6, 6.07) is 8.58. The summed E-state index contributed by atoms with van der Waals surface area (Å²) >= 11 is 15.3. The standard InChI is InChI=1S/C14H9BrCl2O3/c15-9-3-8(5-12-14(9)20-6-19-12)13(18)7-1-2-10(16)11(17)4-7/h1-5,13,18H,6H2. The van der Waals surface area contributed by atoms with Crippen LogP contribution in [-0.4, -0.2) is 11.9 Å². The highest BCUT2D eigenvalue weighted by molar-refractivity contribution is 9.10. The maximum atomic E-state index is 10.4. The summed E-state index contributed by atoms with van der Waals surface area (Å²) in [5.41, 5.74) is 1.34. The second kappa shape index (κ2) is 5.45. The Morgan fingerprint density at radius 2 is 1.85 bits per heavy atom. The van der Waals surface area contributed by atoms with Crippen LogP contribution >= 0.6 is 39.1 Å². The van der Waals surface area contributed by atoms with Crippen LogP contribution in [-0.2, 0) is 0 Å². The lowest BCUT2D eigenvalue weighted by atomic mass is 10.0. The Kier molecular flexibility index (Phi) is 3.82. The average Bonchev–Trinajstić information content (AvgIpc) is 2.90. The molecule has 1 heterocycles. The number of ether oxygens (including phenoxy) is 2. The van der Waals surface area contributed by atoms with Crippen LogP contribution in [0.5, 0.6) is 11.5 Å². The molecule has 0 radical (unpaired) electrons. The number of hydrogen-bond donors (Lipinski definition) is 1. The van der Waals surface area contributed by atoms with Gasteiger partial charge in [0.1, 0.15) is 6.10 Å².